The fourth-order valence-corrected chi connectivity index (χ4v) is 11.0. The van der Waals surface area contributed by atoms with Crippen molar-refractivity contribution in [3.63, 3.8) is 0 Å². The van der Waals surface area contributed by atoms with E-state index in [1.54, 1.807) is 0 Å². The van der Waals surface area contributed by atoms with Gasteiger partial charge in [-0.05, 0) is 122 Å². The molecule has 0 saturated carbocycles. The van der Waals surface area contributed by atoms with E-state index in [2.05, 4.69) is 40.9 Å². The van der Waals surface area contributed by atoms with Crippen LogP contribution in [-0.2, 0) is 40.5 Å². The van der Waals surface area contributed by atoms with Crippen LogP contribution in [0, 0.1) is 19.3 Å². The molecule has 0 aromatic heterocycles. The van der Waals surface area contributed by atoms with E-state index in [4.69, 9.17) is 9.47 Å². The Labute approximate surface area is 370 Å². The Morgan fingerprint density at radius 3 is 1.39 bits per heavy atom. The first-order chi connectivity index (χ1) is 28.1. The van der Waals surface area contributed by atoms with Crippen LogP contribution in [0.2, 0.25) is 0 Å². The number of benzene rings is 1. The van der Waals surface area contributed by atoms with Crippen molar-refractivity contribution in [1.82, 2.24) is 9.80 Å². The zero-order valence-electron chi connectivity index (χ0n) is 40.9. The third kappa shape index (κ3) is 12.3. The molecule has 0 aliphatic carbocycles. The molecule has 3 rings (SSSR count). The highest BCUT2D eigenvalue weighted by atomic mass is 16.6. The van der Waals surface area contributed by atoms with E-state index in [-0.39, 0.29) is 35.8 Å². The van der Waals surface area contributed by atoms with Gasteiger partial charge in [-0.2, -0.15) is 0 Å². The molecule has 0 spiro atoms. The maximum Gasteiger partial charge on any atom is 0.324 e. The Hall–Kier alpha value is -3.62. The van der Waals surface area contributed by atoms with E-state index in [9.17, 15) is 14.7 Å². The number of aryl methyl sites for hydroxylation is 1. The Bertz CT molecular complexity index is 1640. The van der Waals surface area contributed by atoms with Crippen molar-refractivity contribution in [3.8, 4) is 5.75 Å². The normalized spacial score (nSPS) is 19.0. The second-order valence-corrected chi connectivity index (χ2v) is 22.0. The summed E-state index contributed by atoms with van der Waals surface area (Å²) in [5.74, 6) is -1.48. The highest BCUT2D eigenvalue weighted by molar-refractivity contribution is 6.01. The maximum absolute atomic E-state index is 15.4. The third-order valence-corrected chi connectivity index (χ3v) is 13.6. The van der Waals surface area contributed by atoms with E-state index < -0.39 is 51.7 Å². The minimum atomic E-state index is -1.74. The highest BCUT2D eigenvalue weighted by Gasteiger charge is 2.55. The summed E-state index contributed by atoms with van der Waals surface area (Å²) in [5, 5.41) is 11.7. The monoisotopic (exact) mass is 849 g/mol. The van der Waals surface area contributed by atoms with E-state index in [0.29, 0.717) is 37.7 Å². The van der Waals surface area contributed by atoms with Crippen molar-refractivity contribution in [2.45, 2.75) is 239 Å². The summed E-state index contributed by atoms with van der Waals surface area (Å²) < 4.78 is 13.2. The molecule has 2 heterocycles. The summed E-state index contributed by atoms with van der Waals surface area (Å²) >= 11 is 0. The van der Waals surface area contributed by atoms with E-state index in [1.165, 1.54) is 44.3 Å². The van der Waals surface area contributed by atoms with Gasteiger partial charge in [0.2, 0.25) is 11.8 Å². The first-order valence-corrected chi connectivity index (χ1v) is 23.3. The molecule has 9 heteroatoms. The standard InChI is InChI=1S/C52H84N2O7/c1-17-20-21-22-23-24-25-26-27-28-29-52(35-40-36(4)30-41(47(6,7)8)44(57)37(40)5,45(58)60-38-31-48(9,10)53(42(55)18-2)49(11,12)32-38)46(59)61-39-33-50(13,14)54(43(56)19-3)51(15,16)34-39/h18-19,30,38-39,57H,2-3,17,20-29,31-35H2,1,4-16H3. The fraction of sp³-hybridized carbons (Fsp3) is 0.731. The minimum absolute atomic E-state index is 0.00109. The third-order valence-electron chi connectivity index (χ3n) is 13.6. The Kier molecular flexibility index (Phi) is 17.2. The van der Waals surface area contributed by atoms with E-state index in [0.717, 1.165) is 42.4 Å². The molecule has 2 aliphatic heterocycles. The van der Waals surface area contributed by atoms with Gasteiger partial charge in [0, 0.05) is 47.8 Å². The number of hydrogen-bond donors (Lipinski definition) is 1. The van der Waals surface area contributed by atoms with E-state index in [1.807, 2.05) is 85.1 Å². The molecule has 0 radical (unpaired) electrons. The molecule has 1 N–H and O–H groups in total. The number of phenolic OH excluding ortho intramolecular Hbond substituents is 1. The molecule has 2 aliphatic rings. The van der Waals surface area contributed by atoms with Gasteiger partial charge in [-0.3, -0.25) is 19.2 Å². The number of piperidine rings is 2. The van der Waals surface area contributed by atoms with Crippen molar-refractivity contribution in [1.29, 1.82) is 0 Å². The fourth-order valence-electron chi connectivity index (χ4n) is 11.0. The van der Waals surface area contributed by atoms with Gasteiger partial charge in [0.15, 0.2) is 5.41 Å². The van der Waals surface area contributed by atoms with Crippen LogP contribution in [-0.4, -0.2) is 73.0 Å². The molecule has 9 nitrogen and oxygen atoms in total. The largest absolute Gasteiger partial charge is 0.507 e. The average Bonchev–Trinajstić information content (AvgIpc) is 3.11. The number of nitrogens with zero attached hydrogens (tertiary/aromatic N) is 2. The van der Waals surface area contributed by atoms with Crippen LogP contribution >= 0.6 is 0 Å². The van der Waals surface area contributed by atoms with Crippen LogP contribution < -0.4 is 0 Å². The Morgan fingerprint density at radius 2 is 1.05 bits per heavy atom. The summed E-state index contributed by atoms with van der Waals surface area (Å²) in [7, 11) is 0. The lowest BCUT2D eigenvalue weighted by Crippen LogP contribution is -2.64. The molecular formula is C52H84N2O7. The van der Waals surface area contributed by atoms with Crippen LogP contribution in [0.4, 0.5) is 0 Å². The number of ether oxygens (including phenoxy) is 2. The van der Waals surface area contributed by atoms with Crippen LogP contribution in [0.1, 0.15) is 202 Å². The summed E-state index contributed by atoms with van der Waals surface area (Å²) in [5.41, 5.74) is -1.73. The average molecular weight is 849 g/mol. The Balaban J connectivity index is 2.15. The number of phenols is 1. The molecule has 1 aromatic carbocycles. The van der Waals surface area contributed by atoms with Crippen LogP contribution in [0.15, 0.2) is 31.4 Å². The Morgan fingerprint density at radius 1 is 0.689 bits per heavy atom. The number of hydrogen-bond acceptors (Lipinski definition) is 7. The van der Waals surface area contributed by atoms with Crippen molar-refractivity contribution in [2.75, 3.05) is 0 Å². The molecular weight excluding hydrogens is 765 g/mol. The first kappa shape index (κ1) is 51.7. The summed E-state index contributed by atoms with van der Waals surface area (Å²) in [6, 6.07) is 1.98. The lowest BCUT2D eigenvalue weighted by Gasteiger charge is -2.55. The van der Waals surface area contributed by atoms with E-state index >= 15 is 9.59 Å². The lowest BCUT2D eigenvalue weighted by atomic mass is 9.73. The molecule has 2 amide bonds. The summed E-state index contributed by atoms with van der Waals surface area (Å²) in [6.45, 7) is 35.5. The van der Waals surface area contributed by atoms with Gasteiger partial charge >= 0.3 is 11.9 Å². The topological polar surface area (TPSA) is 113 Å². The predicted octanol–water partition coefficient (Wildman–Crippen LogP) is 11.7. The van der Waals surface area contributed by atoms with Crippen molar-refractivity contribution in [2.24, 2.45) is 5.41 Å². The molecule has 344 valence electrons. The number of likely N-dealkylation sites (tertiary alicyclic amines) is 2. The molecule has 0 bridgehead atoms. The maximum atomic E-state index is 15.4. The molecule has 61 heavy (non-hydrogen) atoms. The second kappa shape index (κ2) is 20.3. The van der Waals surface area contributed by atoms with Crippen molar-refractivity contribution >= 4 is 23.8 Å². The number of unbranched alkanes of at least 4 members (excludes halogenated alkanes) is 9. The molecule has 0 unspecified atom stereocenters. The quantitative estimate of drug-likeness (QED) is 0.0638. The minimum Gasteiger partial charge on any atom is -0.507 e. The first-order valence-electron chi connectivity index (χ1n) is 23.3. The second-order valence-electron chi connectivity index (χ2n) is 22.0. The van der Waals surface area contributed by atoms with Crippen LogP contribution in [0.3, 0.4) is 0 Å². The SMILES string of the molecule is C=CC(=O)N1C(C)(C)CC(OC(=O)C(CCCCCCCCCCCC)(Cc2c(C)cc(C(C)(C)C)c(O)c2C)C(=O)OC2CC(C)(C)N(C(=O)C=C)C(C)(C)C2)CC1(C)C. The number of carbonyl (C=O) groups excluding carboxylic acids is 4. The van der Waals surface area contributed by atoms with Gasteiger partial charge in [-0.1, -0.05) is 111 Å². The van der Waals surface area contributed by atoms with Crippen molar-refractivity contribution in [3.05, 3.63) is 53.6 Å². The van der Waals surface area contributed by atoms with Gasteiger partial charge < -0.3 is 24.4 Å². The molecule has 2 fully saturated rings. The predicted molar refractivity (Wildman–Crippen MR) is 248 cm³/mol. The van der Waals surface area contributed by atoms with Gasteiger partial charge in [0.05, 0.1) is 0 Å². The van der Waals surface area contributed by atoms with Gasteiger partial charge in [0.1, 0.15) is 18.0 Å². The number of amides is 2. The zero-order chi connectivity index (χ0) is 46.4. The number of esters is 2. The highest BCUT2D eigenvalue weighted by Crippen LogP contribution is 2.46. The molecule has 2 saturated heterocycles. The van der Waals surface area contributed by atoms with Gasteiger partial charge in [-0.15, -0.1) is 0 Å². The number of carbonyl (C=O) groups is 4. The molecule has 0 atom stereocenters. The summed E-state index contributed by atoms with van der Waals surface area (Å²) in [4.78, 5) is 60.8. The lowest BCUT2D eigenvalue weighted by molar-refractivity contribution is -0.189. The van der Waals surface area contributed by atoms with Crippen molar-refractivity contribution < 1.29 is 33.8 Å². The van der Waals surface area contributed by atoms with Gasteiger partial charge in [-0.25, -0.2) is 0 Å². The number of aromatic hydroxyl groups is 1. The smallest absolute Gasteiger partial charge is 0.324 e. The summed E-state index contributed by atoms with van der Waals surface area (Å²) in [6.07, 6.45) is 14.1. The van der Waals surface area contributed by atoms with Crippen LogP contribution in [0.25, 0.3) is 0 Å². The number of rotatable bonds is 19. The van der Waals surface area contributed by atoms with Crippen LogP contribution in [0.5, 0.6) is 5.75 Å². The molecule has 1 aromatic rings. The van der Waals surface area contributed by atoms with Gasteiger partial charge in [0.25, 0.3) is 0 Å². The zero-order valence-corrected chi connectivity index (χ0v) is 40.9.